The summed E-state index contributed by atoms with van der Waals surface area (Å²) in [5, 5.41) is 0. The van der Waals surface area contributed by atoms with E-state index in [2.05, 4.69) is 36.6 Å². The fraction of sp³-hybridized carbons (Fsp3) is 0.143. The van der Waals surface area contributed by atoms with Crippen molar-refractivity contribution in [1.29, 1.82) is 0 Å². The largest absolute Gasteiger partial charge is 0.573 e. The summed E-state index contributed by atoms with van der Waals surface area (Å²) in [7, 11) is 0. The van der Waals surface area contributed by atoms with E-state index in [9.17, 15) is 17.6 Å². The molecule has 1 aromatic carbocycles. The minimum atomic E-state index is -4.80. The van der Waals surface area contributed by atoms with Gasteiger partial charge in [0.25, 0.3) is 0 Å². The number of ether oxygens (including phenoxy) is 1. The van der Waals surface area contributed by atoms with Crippen molar-refractivity contribution in [2.75, 3.05) is 0 Å². The van der Waals surface area contributed by atoms with E-state index < -0.39 is 17.9 Å². The molecule has 0 saturated carbocycles. The predicted molar refractivity (Wildman–Crippen MR) is 48.5 cm³/mol. The Morgan fingerprint density at radius 3 is 1.86 bits per heavy atom. The topological polar surface area (TPSA) is 9.23 Å². The summed E-state index contributed by atoms with van der Waals surface area (Å²) in [6.07, 6.45) is -4.80. The second kappa shape index (κ2) is 4.06. The normalized spacial score (nSPS) is 11.6. The molecule has 0 amide bonds. The number of benzene rings is 1. The van der Waals surface area contributed by atoms with Crippen LogP contribution in [-0.2, 0) is 0 Å². The van der Waals surface area contributed by atoms with Crippen LogP contribution in [0.2, 0.25) is 0 Å². The summed E-state index contributed by atoms with van der Waals surface area (Å²) in [6.45, 7) is 0. The summed E-state index contributed by atoms with van der Waals surface area (Å²) >= 11 is 5.51. The van der Waals surface area contributed by atoms with Crippen LogP contribution in [0, 0.1) is 5.82 Å². The molecule has 0 spiro atoms. The molecule has 0 atom stereocenters. The van der Waals surface area contributed by atoms with Gasteiger partial charge in [0.15, 0.2) is 5.75 Å². The van der Waals surface area contributed by atoms with Crippen molar-refractivity contribution >= 4 is 31.9 Å². The molecular formula is C7H2Br2F4O. The maximum absolute atomic E-state index is 12.6. The number of alkyl halides is 3. The Morgan fingerprint density at radius 1 is 1.07 bits per heavy atom. The molecule has 0 aliphatic rings. The van der Waals surface area contributed by atoms with Gasteiger partial charge < -0.3 is 4.74 Å². The molecule has 7 heteroatoms. The summed E-state index contributed by atoms with van der Waals surface area (Å²) in [5.41, 5.74) is 0. The van der Waals surface area contributed by atoms with Crippen LogP contribution < -0.4 is 4.74 Å². The number of rotatable bonds is 1. The van der Waals surface area contributed by atoms with E-state index in [1.165, 1.54) is 0 Å². The van der Waals surface area contributed by atoms with Crippen LogP contribution in [-0.4, -0.2) is 6.36 Å². The third-order valence-corrected chi connectivity index (χ3v) is 2.36. The SMILES string of the molecule is Fc1cc(Br)c(OC(F)(F)F)c(Br)c1. The van der Waals surface area contributed by atoms with Crippen molar-refractivity contribution < 1.29 is 22.3 Å². The molecule has 1 aromatic rings. The monoisotopic (exact) mass is 336 g/mol. The van der Waals surface area contributed by atoms with E-state index in [0.717, 1.165) is 12.1 Å². The fourth-order valence-corrected chi connectivity index (χ4v) is 2.03. The van der Waals surface area contributed by atoms with Crippen molar-refractivity contribution in [1.82, 2.24) is 0 Å². The minimum Gasteiger partial charge on any atom is -0.403 e. The highest BCUT2D eigenvalue weighted by molar-refractivity contribution is 9.11. The first-order chi connectivity index (χ1) is 6.29. The van der Waals surface area contributed by atoms with Crippen LogP contribution in [0.4, 0.5) is 17.6 Å². The van der Waals surface area contributed by atoms with Gasteiger partial charge >= 0.3 is 6.36 Å². The van der Waals surface area contributed by atoms with Gasteiger partial charge in [0.1, 0.15) is 5.82 Å². The highest BCUT2D eigenvalue weighted by atomic mass is 79.9. The van der Waals surface area contributed by atoms with Crippen molar-refractivity contribution in [3.63, 3.8) is 0 Å². The Kier molecular flexibility index (Phi) is 3.41. The molecule has 78 valence electrons. The molecule has 0 unspecified atom stereocenters. The van der Waals surface area contributed by atoms with Gasteiger partial charge in [-0.3, -0.25) is 0 Å². The van der Waals surface area contributed by atoms with Crippen molar-refractivity contribution in [2.24, 2.45) is 0 Å². The second-order valence-corrected chi connectivity index (χ2v) is 3.96. The average Bonchev–Trinajstić information content (AvgIpc) is 1.95. The van der Waals surface area contributed by atoms with E-state index in [4.69, 9.17) is 0 Å². The Hall–Kier alpha value is -0.300. The van der Waals surface area contributed by atoms with Gasteiger partial charge in [-0.2, -0.15) is 0 Å². The number of hydrogen-bond donors (Lipinski definition) is 0. The third-order valence-electron chi connectivity index (χ3n) is 1.18. The van der Waals surface area contributed by atoms with Gasteiger partial charge in [-0.1, -0.05) is 0 Å². The summed E-state index contributed by atoms with van der Waals surface area (Å²) in [5.74, 6) is -1.17. The molecule has 1 rings (SSSR count). The van der Waals surface area contributed by atoms with Gasteiger partial charge in [-0.25, -0.2) is 4.39 Å². The number of hydrogen-bond acceptors (Lipinski definition) is 1. The molecular weight excluding hydrogens is 336 g/mol. The maximum Gasteiger partial charge on any atom is 0.573 e. The highest BCUT2D eigenvalue weighted by Gasteiger charge is 2.33. The highest BCUT2D eigenvalue weighted by Crippen LogP contribution is 2.37. The molecule has 0 fully saturated rings. The lowest BCUT2D eigenvalue weighted by molar-refractivity contribution is -0.275. The summed E-state index contributed by atoms with van der Waals surface area (Å²) in [6, 6.07) is 1.76. The first kappa shape index (κ1) is 11.8. The minimum absolute atomic E-state index is 0.110. The molecule has 0 N–H and O–H groups in total. The molecule has 0 aliphatic heterocycles. The van der Waals surface area contributed by atoms with Crippen LogP contribution in [0.1, 0.15) is 0 Å². The zero-order chi connectivity index (χ0) is 10.9. The standard InChI is InChI=1S/C7H2Br2F4O/c8-4-1-3(10)2-5(9)6(4)14-7(11,12)13/h1-2H. The molecule has 0 radical (unpaired) electrons. The van der Waals surface area contributed by atoms with Crippen LogP contribution in [0.25, 0.3) is 0 Å². The smallest absolute Gasteiger partial charge is 0.403 e. The Balaban J connectivity index is 3.09. The van der Waals surface area contributed by atoms with Gasteiger partial charge in [-0.05, 0) is 44.0 Å². The number of halogens is 6. The second-order valence-electron chi connectivity index (χ2n) is 2.25. The van der Waals surface area contributed by atoms with Gasteiger partial charge in [0.2, 0.25) is 0 Å². The third kappa shape index (κ3) is 3.13. The zero-order valence-electron chi connectivity index (χ0n) is 6.33. The molecule has 0 bridgehead atoms. The first-order valence-corrected chi connectivity index (χ1v) is 4.78. The molecule has 1 nitrogen and oxygen atoms in total. The summed E-state index contributed by atoms with van der Waals surface area (Å²) in [4.78, 5) is 0. The van der Waals surface area contributed by atoms with E-state index in [1.807, 2.05) is 0 Å². The molecule has 14 heavy (non-hydrogen) atoms. The molecule has 0 saturated heterocycles. The van der Waals surface area contributed by atoms with Crippen molar-refractivity contribution in [3.05, 3.63) is 26.9 Å². The quantitative estimate of drug-likeness (QED) is 0.696. The van der Waals surface area contributed by atoms with E-state index in [0.29, 0.717) is 0 Å². The average molecular weight is 338 g/mol. The molecule has 0 aliphatic carbocycles. The predicted octanol–water partition coefficient (Wildman–Crippen LogP) is 4.25. The van der Waals surface area contributed by atoms with Crippen molar-refractivity contribution in [2.45, 2.75) is 6.36 Å². The lowest BCUT2D eigenvalue weighted by Crippen LogP contribution is -2.17. The van der Waals surface area contributed by atoms with Crippen LogP contribution >= 0.6 is 31.9 Å². The summed E-state index contributed by atoms with van der Waals surface area (Å²) < 4.78 is 51.6. The first-order valence-electron chi connectivity index (χ1n) is 3.20. The molecule has 0 aromatic heterocycles. The Bertz CT molecular complexity index is 327. The lowest BCUT2D eigenvalue weighted by Gasteiger charge is -2.11. The van der Waals surface area contributed by atoms with Crippen molar-refractivity contribution in [3.8, 4) is 5.75 Å². The lowest BCUT2D eigenvalue weighted by atomic mass is 10.3. The molecule has 0 heterocycles. The Morgan fingerprint density at radius 2 is 1.50 bits per heavy atom. The Labute approximate surface area is 93.3 Å². The maximum atomic E-state index is 12.6. The van der Waals surface area contributed by atoms with Crippen LogP contribution in [0.15, 0.2) is 21.1 Å². The fourth-order valence-electron chi connectivity index (χ4n) is 0.742. The van der Waals surface area contributed by atoms with Gasteiger partial charge in [-0.15, -0.1) is 13.2 Å². The van der Waals surface area contributed by atoms with Crippen LogP contribution in [0.3, 0.4) is 0 Å². The van der Waals surface area contributed by atoms with Gasteiger partial charge in [0, 0.05) is 0 Å². The van der Waals surface area contributed by atoms with E-state index in [-0.39, 0.29) is 8.95 Å². The van der Waals surface area contributed by atoms with E-state index in [1.54, 1.807) is 0 Å². The van der Waals surface area contributed by atoms with Gasteiger partial charge in [0.05, 0.1) is 8.95 Å². The zero-order valence-corrected chi connectivity index (χ0v) is 9.50. The van der Waals surface area contributed by atoms with Crippen LogP contribution in [0.5, 0.6) is 5.75 Å². The van der Waals surface area contributed by atoms with E-state index >= 15 is 0 Å².